The summed E-state index contributed by atoms with van der Waals surface area (Å²) >= 11 is 12.2. The maximum atomic E-state index is 13.2. The lowest BCUT2D eigenvalue weighted by atomic mass is 10.1. The molecule has 7 nitrogen and oxygen atoms in total. The molecule has 1 aliphatic rings. The van der Waals surface area contributed by atoms with Crippen LogP contribution in [0.2, 0.25) is 10.0 Å². The monoisotopic (exact) mass is 490 g/mol. The highest BCUT2D eigenvalue weighted by atomic mass is 35.5. The van der Waals surface area contributed by atoms with E-state index in [0.29, 0.717) is 22.2 Å². The number of hydrogen-bond donors (Lipinski definition) is 1. The van der Waals surface area contributed by atoms with Gasteiger partial charge in [0.15, 0.2) is 0 Å². The summed E-state index contributed by atoms with van der Waals surface area (Å²) in [5.74, 6) is -1.47. The summed E-state index contributed by atoms with van der Waals surface area (Å²) in [4.78, 5) is 43.0. The van der Waals surface area contributed by atoms with Crippen LogP contribution >= 0.6 is 23.2 Å². The maximum Gasteiger partial charge on any atom is 0.336 e. The normalized spacial score (nSPS) is 15.3. The third kappa shape index (κ3) is 3.96. The molecule has 1 aliphatic heterocycles. The summed E-state index contributed by atoms with van der Waals surface area (Å²) in [6.45, 7) is 0.501. The van der Waals surface area contributed by atoms with Gasteiger partial charge in [0.25, 0.3) is 11.8 Å². The van der Waals surface area contributed by atoms with Gasteiger partial charge in [0.1, 0.15) is 5.57 Å². The Morgan fingerprint density at radius 3 is 2.56 bits per heavy atom. The first kappa shape index (κ1) is 21.9. The van der Waals surface area contributed by atoms with Crippen LogP contribution in [0.1, 0.15) is 11.1 Å². The van der Waals surface area contributed by atoms with Crippen LogP contribution in [-0.2, 0) is 16.1 Å². The van der Waals surface area contributed by atoms with Gasteiger partial charge in [0.05, 0.1) is 21.9 Å². The Bertz CT molecular complexity index is 1490. The Morgan fingerprint density at radius 1 is 0.971 bits per heavy atom. The van der Waals surface area contributed by atoms with E-state index >= 15 is 0 Å². The zero-order valence-corrected chi connectivity index (χ0v) is 19.0. The fraction of sp³-hybridized carbons (Fsp3) is 0.0400. The van der Waals surface area contributed by atoms with Crippen molar-refractivity contribution in [2.75, 3.05) is 4.90 Å². The number of carbonyl (C=O) groups is 3. The van der Waals surface area contributed by atoms with Gasteiger partial charge in [0.2, 0.25) is 0 Å². The zero-order valence-electron chi connectivity index (χ0n) is 17.5. The van der Waals surface area contributed by atoms with Crippen molar-refractivity contribution in [3.63, 3.8) is 0 Å². The average molecular weight is 491 g/mol. The van der Waals surface area contributed by atoms with Crippen molar-refractivity contribution < 1.29 is 14.4 Å². The Morgan fingerprint density at radius 2 is 1.79 bits per heavy atom. The van der Waals surface area contributed by atoms with Gasteiger partial charge in [-0.3, -0.25) is 19.9 Å². The summed E-state index contributed by atoms with van der Waals surface area (Å²) in [7, 11) is 0. The molecule has 0 saturated carbocycles. The second kappa shape index (κ2) is 8.78. The van der Waals surface area contributed by atoms with Gasteiger partial charge in [-0.25, -0.2) is 9.69 Å². The van der Waals surface area contributed by atoms with E-state index in [4.69, 9.17) is 23.2 Å². The minimum absolute atomic E-state index is 0.152. The number of aromatic nitrogens is 2. The van der Waals surface area contributed by atoms with Crippen LogP contribution in [0.25, 0.3) is 17.0 Å². The number of benzene rings is 2. The third-order valence-corrected chi connectivity index (χ3v) is 6.20. The minimum atomic E-state index is -0.817. The fourth-order valence-corrected chi connectivity index (χ4v) is 4.21. The first-order valence-electron chi connectivity index (χ1n) is 10.3. The van der Waals surface area contributed by atoms with Crippen molar-refractivity contribution >= 4 is 63.7 Å². The topological polar surface area (TPSA) is 84.3 Å². The summed E-state index contributed by atoms with van der Waals surface area (Å²) in [6, 6.07) is 15.4. The van der Waals surface area contributed by atoms with E-state index in [1.54, 1.807) is 24.3 Å². The molecule has 0 unspecified atom stereocenters. The van der Waals surface area contributed by atoms with E-state index in [1.807, 2.05) is 41.1 Å². The van der Waals surface area contributed by atoms with E-state index in [2.05, 4.69) is 10.3 Å². The molecular weight excluding hydrogens is 475 g/mol. The molecule has 0 aliphatic carbocycles. The largest absolute Gasteiger partial charge is 0.342 e. The standard InChI is InChI=1S/C25H16Cl2N4O3/c26-20-8-7-15(10-21(20)27)13-30-14-16(18-5-1-2-6-22(18)30)11-19-23(32)29-25(34)31(24(19)33)17-4-3-9-28-12-17/h1-12,14H,13H2,(H,29,32,34)/b19-11+. The number of carbonyl (C=O) groups excluding carboxylic acids is 3. The lowest BCUT2D eigenvalue weighted by Crippen LogP contribution is -2.54. The molecule has 1 N–H and O–H groups in total. The first-order valence-corrected chi connectivity index (χ1v) is 11.0. The summed E-state index contributed by atoms with van der Waals surface area (Å²) in [5.41, 5.74) is 2.62. The van der Waals surface area contributed by atoms with Crippen molar-refractivity contribution in [3.05, 3.63) is 99.9 Å². The van der Waals surface area contributed by atoms with E-state index in [0.717, 1.165) is 21.4 Å². The third-order valence-electron chi connectivity index (χ3n) is 5.46. The summed E-state index contributed by atoms with van der Waals surface area (Å²) in [5, 5.41) is 4.02. The summed E-state index contributed by atoms with van der Waals surface area (Å²) in [6.07, 6.45) is 6.27. The number of barbiturate groups is 1. The molecule has 168 valence electrons. The number of halogens is 2. The highest BCUT2D eigenvalue weighted by Gasteiger charge is 2.37. The Labute approximate surface area is 204 Å². The number of pyridine rings is 1. The molecule has 4 amide bonds. The first-order chi connectivity index (χ1) is 16.4. The quantitative estimate of drug-likeness (QED) is 0.320. The van der Waals surface area contributed by atoms with Crippen molar-refractivity contribution in [1.82, 2.24) is 14.9 Å². The molecule has 5 rings (SSSR count). The van der Waals surface area contributed by atoms with Gasteiger partial charge in [-0.1, -0.05) is 47.5 Å². The number of nitrogens with one attached hydrogen (secondary N) is 1. The number of amides is 4. The Kier molecular flexibility index (Phi) is 5.65. The van der Waals surface area contributed by atoms with E-state index in [9.17, 15) is 14.4 Å². The molecule has 0 atom stereocenters. The van der Waals surface area contributed by atoms with E-state index in [-0.39, 0.29) is 11.3 Å². The number of rotatable bonds is 4. The number of urea groups is 1. The van der Waals surface area contributed by atoms with Gasteiger partial charge in [0, 0.05) is 35.4 Å². The number of fused-ring (bicyclic) bond motifs is 1. The van der Waals surface area contributed by atoms with Crippen LogP contribution in [0.15, 0.2) is 78.8 Å². The minimum Gasteiger partial charge on any atom is -0.342 e. The van der Waals surface area contributed by atoms with Gasteiger partial charge < -0.3 is 4.57 Å². The highest BCUT2D eigenvalue weighted by molar-refractivity contribution is 6.42. The number of nitrogens with zero attached hydrogens (tertiary/aromatic N) is 3. The molecule has 1 fully saturated rings. The fourth-order valence-electron chi connectivity index (χ4n) is 3.89. The predicted octanol–water partition coefficient (Wildman–Crippen LogP) is 5.06. The van der Waals surface area contributed by atoms with Crippen molar-refractivity contribution in [3.8, 4) is 0 Å². The number of imide groups is 2. The smallest absolute Gasteiger partial charge is 0.336 e. The molecule has 34 heavy (non-hydrogen) atoms. The van der Waals surface area contributed by atoms with Crippen LogP contribution in [0.3, 0.4) is 0 Å². The zero-order chi connectivity index (χ0) is 23.8. The van der Waals surface area contributed by atoms with Crippen LogP contribution in [-0.4, -0.2) is 27.4 Å². The molecular formula is C25H16Cl2N4O3. The van der Waals surface area contributed by atoms with Crippen molar-refractivity contribution in [2.24, 2.45) is 0 Å². The van der Waals surface area contributed by atoms with E-state index < -0.39 is 17.8 Å². The molecule has 0 bridgehead atoms. The molecule has 0 spiro atoms. The number of anilines is 1. The van der Waals surface area contributed by atoms with Crippen LogP contribution < -0.4 is 10.2 Å². The van der Waals surface area contributed by atoms with Crippen molar-refractivity contribution in [2.45, 2.75) is 6.54 Å². The molecule has 0 radical (unpaired) electrons. The number of para-hydroxylation sites is 1. The second-order valence-electron chi connectivity index (χ2n) is 7.65. The SMILES string of the molecule is O=C1NC(=O)N(c2cccnc2)C(=O)/C1=C/c1cn(Cc2ccc(Cl)c(Cl)c2)c2ccccc12. The van der Waals surface area contributed by atoms with E-state index in [1.165, 1.54) is 18.5 Å². The van der Waals surface area contributed by atoms with Gasteiger partial charge >= 0.3 is 6.03 Å². The van der Waals surface area contributed by atoms with Gasteiger partial charge in [-0.2, -0.15) is 0 Å². The van der Waals surface area contributed by atoms with Crippen molar-refractivity contribution in [1.29, 1.82) is 0 Å². The van der Waals surface area contributed by atoms with Gasteiger partial charge in [-0.05, 0) is 42.0 Å². The molecule has 2 aromatic carbocycles. The lowest BCUT2D eigenvalue weighted by Gasteiger charge is -2.25. The average Bonchev–Trinajstić information content (AvgIpc) is 3.17. The maximum absolute atomic E-state index is 13.2. The molecule has 1 saturated heterocycles. The van der Waals surface area contributed by atoms with Gasteiger partial charge in [-0.15, -0.1) is 0 Å². The predicted molar refractivity (Wildman–Crippen MR) is 131 cm³/mol. The van der Waals surface area contributed by atoms with Crippen LogP contribution in [0.5, 0.6) is 0 Å². The Balaban J connectivity index is 1.57. The molecule has 4 aromatic rings. The lowest BCUT2D eigenvalue weighted by molar-refractivity contribution is -0.122. The molecule has 9 heteroatoms. The van der Waals surface area contributed by atoms with Crippen LogP contribution in [0.4, 0.5) is 10.5 Å². The second-order valence-corrected chi connectivity index (χ2v) is 8.46. The highest BCUT2D eigenvalue weighted by Crippen LogP contribution is 2.28. The summed E-state index contributed by atoms with van der Waals surface area (Å²) < 4.78 is 2.00. The van der Waals surface area contributed by atoms with Crippen LogP contribution in [0, 0.1) is 0 Å². The Hall–Kier alpha value is -3.94. The number of hydrogen-bond acceptors (Lipinski definition) is 4. The molecule has 3 heterocycles. The molecule has 2 aromatic heterocycles.